The maximum atomic E-state index is 14.3. The summed E-state index contributed by atoms with van der Waals surface area (Å²) in [5, 5.41) is 36.8. The van der Waals surface area contributed by atoms with E-state index in [1.165, 1.54) is 0 Å². The first-order valence-electron chi connectivity index (χ1n) is 11.8. The zero-order valence-corrected chi connectivity index (χ0v) is 22.2. The molecule has 0 unspecified atom stereocenters. The van der Waals surface area contributed by atoms with Gasteiger partial charge in [-0.1, -0.05) is 0 Å². The van der Waals surface area contributed by atoms with Crippen LogP contribution in [0.3, 0.4) is 0 Å². The number of rotatable bonds is 8. The van der Waals surface area contributed by atoms with Crippen molar-refractivity contribution < 1.29 is 102 Å². The Labute approximate surface area is 255 Å². The first-order valence-corrected chi connectivity index (χ1v) is 11.8. The Bertz CT molecular complexity index is 1710. The van der Waals surface area contributed by atoms with Gasteiger partial charge < -0.3 is 29.9 Å². The van der Waals surface area contributed by atoms with Crippen LogP contribution in [-0.4, -0.2) is 44.3 Å². The highest BCUT2D eigenvalue weighted by atomic mass is 19.4. The number of hydrogen-bond donors (Lipinski definition) is 4. The molecule has 0 fully saturated rings. The zero-order chi connectivity index (χ0) is 36.9. The summed E-state index contributed by atoms with van der Waals surface area (Å²) in [6, 6.07) is 0.969. The van der Waals surface area contributed by atoms with Gasteiger partial charge >= 0.3 is 48.6 Å². The molecule has 0 aliphatic rings. The van der Waals surface area contributed by atoms with Crippen LogP contribution in [0.2, 0.25) is 0 Å². The van der Waals surface area contributed by atoms with Crippen molar-refractivity contribution in [1.29, 1.82) is 0 Å². The molecule has 0 aromatic heterocycles. The van der Waals surface area contributed by atoms with Crippen molar-refractivity contribution in [3.05, 3.63) is 80.9 Å². The summed E-state index contributed by atoms with van der Waals surface area (Å²) in [7, 11) is 0. The van der Waals surface area contributed by atoms with Gasteiger partial charge in [0.2, 0.25) is 0 Å². The van der Waals surface area contributed by atoms with E-state index in [-0.39, 0.29) is 36.4 Å². The quantitative estimate of drug-likeness (QED) is 0.168. The van der Waals surface area contributed by atoms with Gasteiger partial charge in [-0.2, -0.15) is 52.7 Å². The highest BCUT2D eigenvalue weighted by Crippen LogP contribution is 2.60. The fourth-order valence-electron chi connectivity index (χ4n) is 4.14. The van der Waals surface area contributed by atoms with Crippen LogP contribution in [0.1, 0.15) is 63.7 Å². The fourth-order valence-corrected chi connectivity index (χ4v) is 4.14. The van der Waals surface area contributed by atoms with Gasteiger partial charge in [-0.3, -0.25) is 0 Å². The summed E-state index contributed by atoms with van der Waals surface area (Å²) >= 11 is 0. The Morgan fingerprint density at radius 2 is 0.667 bits per heavy atom. The van der Waals surface area contributed by atoms with Crippen molar-refractivity contribution in [3.63, 3.8) is 0 Å². The van der Waals surface area contributed by atoms with Crippen LogP contribution in [0.5, 0.6) is 23.0 Å². The monoisotopic (exact) mass is 710 g/mol. The van der Waals surface area contributed by atoms with Crippen LogP contribution >= 0.6 is 0 Å². The van der Waals surface area contributed by atoms with Crippen molar-refractivity contribution in [2.24, 2.45) is 0 Å². The van der Waals surface area contributed by atoms with Crippen molar-refractivity contribution >= 4 is 23.9 Å². The molecule has 0 aliphatic heterocycles. The maximum Gasteiger partial charge on any atom is 0.420 e. The molecular formula is C26H10F12O10. The number of carbonyl (C=O) groups is 4. The van der Waals surface area contributed by atoms with E-state index in [1.807, 2.05) is 0 Å². The van der Waals surface area contributed by atoms with Crippen molar-refractivity contribution in [3.8, 4) is 23.0 Å². The molecule has 0 bridgehead atoms. The number of carboxylic acids is 4. The molecule has 22 heteroatoms. The van der Waals surface area contributed by atoms with E-state index in [2.05, 4.69) is 9.47 Å². The molecule has 4 N–H and O–H groups in total. The minimum Gasteiger partial charge on any atom is -0.478 e. The molecule has 10 nitrogen and oxygen atoms in total. The summed E-state index contributed by atoms with van der Waals surface area (Å²) in [5.41, 5.74) is -20.2. The molecule has 0 heterocycles. The van der Waals surface area contributed by atoms with Crippen LogP contribution in [0.25, 0.3) is 0 Å². The van der Waals surface area contributed by atoms with Crippen LogP contribution in [0, 0.1) is 0 Å². The second-order valence-corrected chi connectivity index (χ2v) is 8.99. The maximum absolute atomic E-state index is 14.3. The summed E-state index contributed by atoms with van der Waals surface area (Å²) in [4.78, 5) is 45.7. The van der Waals surface area contributed by atoms with E-state index in [0.717, 1.165) is 0 Å². The number of aromatic carboxylic acids is 4. The van der Waals surface area contributed by atoms with Crippen LogP contribution in [0.15, 0.2) is 36.4 Å². The van der Waals surface area contributed by atoms with E-state index in [4.69, 9.17) is 10.2 Å². The Kier molecular flexibility index (Phi) is 9.31. The van der Waals surface area contributed by atoms with E-state index >= 15 is 0 Å². The molecule has 0 amide bonds. The predicted octanol–water partition coefficient (Wildman–Crippen LogP) is 8.14. The standard InChI is InChI=1S/C26H10F12O10/c27-23(28,29)13-14(24(30,31)32)16(26(36,37)38)18(48-8-2-4-10(20(41)42)12(6-8)22(45)46)17(15(13)25(33,34)35)47-7-1-3-9(19(39)40)11(5-7)21(43)44/h1-6H,(H,39,40)(H,41,42)(H,43,44)(H,45,46). The van der Waals surface area contributed by atoms with Gasteiger partial charge in [-0.25, -0.2) is 19.2 Å². The number of alkyl halides is 12. The van der Waals surface area contributed by atoms with E-state index in [0.29, 0.717) is 0 Å². The summed E-state index contributed by atoms with van der Waals surface area (Å²) in [6.07, 6.45) is -27.2. The lowest BCUT2D eigenvalue weighted by Gasteiger charge is -2.29. The van der Waals surface area contributed by atoms with Gasteiger partial charge in [0.1, 0.15) is 22.6 Å². The van der Waals surface area contributed by atoms with Gasteiger partial charge in [-0.05, 0) is 36.4 Å². The van der Waals surface area contributed by atoms with Gasteiger partial charge in [0.25, 0.3) is 0 Å². The fraction of sp³-hybridized carbons (Fsp3) is 0.154. The molecule has 0 spiro atoms. The third-order valence-electron chi connectivity index (χ3n) is 5.89. The molecule has 3 aromatic carbocycles. The largest absolute Gasteiger partial charge is 0.478 e. The van der Waals surface area contributed by atoms with E-state index < -0.39 is 116 Å². The Hall–Kier alpha value is -5.70. The number of carboxylic acid groups (broad SMARTS) is 4. The van der Waals surface area contributed by atoms with Crippen LogP contribution < -0.4 is 9.47 Å². The first-order chi connectivity index (χ1) is 21.7. The molecule has 3 rings (SSSR count). The van der Waals surface area contributed by atoms with Gasteiger partial charge in [0.15, 0.2) is 11.5 Å². The van der Waals surface area contributed by atoms with Crippen LogP contribution in [-0.2, 0) is 24.7 Å². The Morgan fingerprint density at radius 1 is 0.417 bits per heavy atom. The highest BCUT2D eigenvalue weighted by Gasteiger charge is 2.59. The third kappa shape index (κ3) is 7.31. The van der Waals surface area contributed by atoms with Crippen LogP contribution in [0.4, 0.5) is 52.7 Å². The van der Waals surface area contributed by atoms with Gasteiger partial charge in [0, 0.05) is 0 Å². The first kappa shape index (κ1) is 36.8. The normalized spacial score (nSPS) is 12.4. The number of hydrogen-bond acceptors (Lipinski definition) is 6. The lowest BCUT2D eigenvalue weighted by Crippen LogP contribution is -2.28. The van der Waals surface area contributed by atoms with E-state index in [9.17, 15) is 82.1 Å². The molecule has 0 radical (unpaired) electrons. The SMILES string of the molecule is O=C(O)c1ccc(Oc2c(Oc3ccc(C(=O)O)c(C(=O)O)c3)c(C(F)(F)F)c(C(F)(F)F)c(C(F)(F)F)c2C(F)(F)F)cc1C(=O)O. The topological polar surface area (TPSA) is 168 Å². The molecule has 0 saturated heterocycles. The summed E-state index contributed by atoms with van der Waals surface area (Å²) < 4.78 is 180. The second-order valence-electron chi connectivity index (χ2n) is 8.99. The molecule has 258 valence electrons. The van der Waals surface area contributed by atoms with Gasteiger partial charge in [0.05, 0.1) is 33.4 Å². The molecule has 48 heavy (non-hydrogen) atoms. The van der Waals surface area contributed by atoms with Crippen molar-refractivity contribution in [2.75, 3.05) is 0 Å². The third-order valence-corrected chi connectivity index (χ3v) is 5.89. The van der Waals surface area contributed by atoms with Crippen molar-refractivity contribution in [2.45, 2.75) is 24.7 Å². The molecule has 0 saturated carbocycles. The summed E-state index contributed by atoms with van der Waals surface area (Å²) in [6.45, 7) is 0. The molecule has 3 aromatic rings. The average Bonchev–Trinajstić information content (AvgIpc) is 2.90. The van der Waals surface area contributed by atoms with E-state index in [1.54, 1.807) is 0 Å². The molecule has 0 atom stereocenters. The predicted molar refractivity (Wildman–Crippen MR) is 127 cm³/mol. The average molecular weight is 710 g/mol. The Balaban J connectivity index is 2.67. The van der Waals surface area contributed by atoms with Crippen molar-refractivity contribution in [1.82, 2.24) is 0 Å². The Morgan fingerprint density at radius 3 is 0.875 bits per heavy atom. The number of halogens is 12. The molecule has 0 aliphatic carbocycles. The molecular weight excluding hydrogens is 700 g/mol. The number of benzene rings is 3. The van der Waals surface area contributed by atoms with Gasteiger partial charge in [-0.15, -0.1) is 0 Å². The zero-order valence-electron chi connectivity index (χ0n) is 22.2. The minimum absolute atomic E-state index is 0.00188. The smallest absolute Gasteiger partial charge is 0.420 e. The minimum atomic E-state index is -6.90. The summed E-state index contributed by atoms with van der Waals surface area (Å²) in [5.74, 6) is -17.0. The lowest BCUT2D eigenvalue weighted by atomic mass is 9.91. The highest BCUT2D eigenvalue weighted by molar-refractivity contribution is 6.02. The lowest BCUT2D eigenvalue weighted by molar-refractivity contribution is -0.183. The second kappa shape index (κ2) is 12.2. The number of ether oxygens (including phenoxy) is 2.